The molecule has 0 unspecified atom stereocenters. The molecule has 2 aromatic carbocycles. The number of thioether (sulfide) groups is 1. The van der Waals surface area contributed by atoms with Crippen molar-refractivity contribution in [2.45, 2.75) is 68.7 Å². The van der Waals surface area contributed by atoms with E-state index in [1.54, 1.807) is 11.8 Å². The molecule has 1 aliphatic carbocycles. The lowest BCUT2D eigenvalue weighted by Crippen LogP contribution is -2.17. The van der Waals surface area contributed by atoms with Crippen molar-refractivity contribution in [2.75, 3.05) is 0 Å². The first kappa shape index (κ1) is 24.5. The number of nitrogens with one attached hydrogen (secondary N) is 2. The first-order valence-corrected chi connectivity index (χ1v) is 14.0. The predicted octanol–water partition coefficient (Wildman–Crippen LogP) is 5.56. The van der Waals surface area contributed by atoms with Crippen molar-refractivity contribution in [3.05, 3.63) is 70.3 Å². The Labute approximate surface area is 224 Å². The molecule has 1 saturated carbocycles. The lowest BCUT2D eigenvalue weighted by atomic mass is 9.88. The maximum absolute atomic E-state index is 13.1. The number of nitrogens with zero attached hydrogens (tertiary/aromatic N) is 6. The topological polar surface area (TPSA) is 118 Å². The first-order valence-electron chi connectivity index (χ1n) is 13.2. The average molecular weight is 527 g/mol. The molecule has 0 aliphatic heterocycles. The zero-order valence-corrected chi connectivity index (χ0v) is 22.3. The molecule has 0 atom stereocenters. The van der Waals surface area contributed by atoms with Crippen LogP contribution in [-0.4, -0.2) is 45.6 Å². The van der Waals surface area contributed by atoms with Crippen LogP contribution < -0.4 is 5.56 Å². The van der Waals surface area contributed by atoms with Gasteiger partial charge in [-0.3, -0.25) is 4.79 Å². The van der Waals surface area contributed by atoms with Crippen LogP contribution in [0.2, 0.25) is 0 Å². The van der Waals surface area contributed by atoms with Gasteiger partial charge in [-0.05, 0) is 34.7 Å². The van der Waals surface area contributed by atoms with Gasteiger partial charge >= 0.3 is 0 Å². The lowest BCUT2D eigenvalue weighted by Gasteiger charge is -2.22. The highest BCUT2D eigenvalue weighted by Gasteiger charge is 2.26. The summed E-state index contributed by atoms with van der Waals surface area (Å²) in [6.07, 6.45) is 5.87. The molecule has 0 saturated heterocycles. The molecule has 9 nitrogen and oxygen atoms in total. The fourth-order valence-electron chi connectivity index (χ4n) is 5.37. The number of rotatable bonds is 7. The van der Waals surface area contributed by atoms with Gasteiger partial charge in [-0.25, -0.2) is 10.1 Å². The Morgan fingerprint density at radius 3 is 2.47 bits per heavy atom. The van der Waals surface area contributed by atoms with Crippen molar-refractivity contribution in [1.29, 1.82) is 0 Å². The van der Waals surface area contributed by atoms with Gasteiger partial charge in [-0.1, -0.05) is 93.4 Å². The third-order valence-electron chi connectivity index (χ3n) is 7.11. The second-order valence-electron chi connectivity index (χ2n) is 10.1. The van der Waals surface area contributed by atoms with Crippen LogP contribution in [0.5, 0.6) is 0 Å². The summed E-state index contributed by atoms with van der Waals surface area (Å²) in [4.78, 5) is 18.2. The van der Waals surface area contributed by atoms with Crippen molar-refractivity contribution < 1.29 is 0 Å². The second-order valence-corrected chi connectivity index (χ2v) is 11.7. The third kappa shape index (κ3) is 4.76. The van der Waals surface area contributed by atoms with Crippen LogP contribution in [0.15, 0.2) is 58.4 Å². The van der Waals surface area contributed by atoms with Gasteiger partial charge in [-0.2, -0.15) is 10.3 Å². The number of fused-ring (bicyclic) bond motifs is 1. The molecule has 1 fully saturated rings. The normalized spacial score (nSPS) is 14.5. The summed E-state index contributed by atoms with van der Waals surface area (Å²) in [5, 5.41) is 22.8. The zero-order chi connectivity index (χ0) is 26.1. The van der Waals surface area contributed by atoms with Crippen molar-refractivity contribution >= 4 is 22.8 Å². The second kappa shape index (κ2) is 10.5. The van der Waals surface area contributed by atoms with Gasteiger partial charge in [0.25, 0.3) is 5.56 Å². The van der Waals surface area contributed by atoms with E-state index in [2.05, 4.69) is 79.6 Å². The molecule has 0 bridgehead atoms. The Morgan fingerprint density at radius 1 is 1.00 bits per heavy atom. The number of aromatic nitrogens is 8. The lowest BCUT2D eigenvalue weighted by molar-refractivity contribution is 0.420. The van der Waals surface area contributed by atoms with E-state index < -0.39 is 0 Å². The highest BCUT2D eigenvalue weighted by molar-refractivity contribution is 8.00. The van der Waals surface area contributed by atoms with Crippen LogP contribution in [-0.2, 0) is 6.54 Å². The molecule has 0 amide bonds. The SMILES string of the molecule is CC(C)Sc1n[nH]c(=O)c2c1nc(C1CCCCC1)n2Cc1ccc(-c2ccccc2-c2nn[nH]n2)cc1. The van der Waals surface area contributed by atoms with Crippen LogP contribution in [0, 0.1) is 0 Å². The van der Waals surface area contributed by atoms with Crippen molar-refractivity contribution in [3.8, 4) is 22.5 Å². The smallest absolute Gasteiger partial charge is 0.290 e. The van der Waals surface area contributed by atoms with Crippen LogP contribution >= 0.6 is 11.8 Å². The molecule has 194 valence electrons. The van der Waals surface area contributed by atoms with Crippen molar-refractivity contribution in [3.63, 3.8) is 0 Å². The zero-order valence-electron chi connectivity index (χ0n) is 21.5. The number of hydrogen-bond donors (Lipinski definition) is 2. The standard InChI is InChI=1S/C28H30N8OS/c1-17(2)38-28-23-24(27(37)32-33-28)36(26(29-23)20-8-4-3-5-9-20)16-18-12-14-19(15-13-18)21-10-6-7-11-22(21)25-30-34-35-31-25/h6-7,10-15,17,20H,3-5,8-9,16H2,1-2H3,(H,32,37)(H,30,31,34,35). The summed E-state index contributed by atoms with van der Waals surface area (Å²) in [7, 11) is 0. The number of tetrazole rings is 1. The molecule has 38 heavy (non-hydrogen) atoms. The van der Waals surface area contributed by atoms with Crippen LogP contribution in [0.3, 0.4) is 0 Å². The minimum Gasteiger partial charge on any atom is -0.319 e. The van der Waals surface area contributed by atoms with Crippen LogP contribution in [0.4, 0.5) is 0 Å². The minimum absolute atomic E-state index is 0.187. The highest BCUT2D eigenvalue weighted by Crippen LogP contribution is 2.36. The van der Waals surface area contributed by atoms with Gasteiger partial charge in [0.1, 0.15) is 21.9 Å². The number of H-pyrrole nitrogens is 2. The molecule has 1 aliphatic rings. The summed E-state index contributed by atoms with van der Waals surface area (Å²) >= 11 is 1.64. The molecule has 6 rings (SSSR count). The molecule has 3 aromatic heterocycles. The van der Waals surface area contributed by atoms with Crippen molar-refractivity contribution in [2.24, 2.45) is 0 Å². The summed E-state index contributed by atoms with van der Waals surface area (Å²) in [5.74, 6) is 1.93. The molecular weight excluding hydrogens is 496 g/mol. The fourth-order valence-corrected chi connectivity index (χ4v) is 6.17. The Bertz CT molecular complexity index is 1600. The average Bonchev–Trinajstić information content (AvgIpc) is 3.61. The maximum Gasteiger partial charge on any atom is 0.290 e. The number of benzene rings is 2. The Balaban J connectivity index is 1.39. The van der Waals surface area contributed by atoms with Gasteiger partial charge in [-0.15, -0.1) is 10.2 Å². The Kier molecular flexibility index (Phi) is 6.80. The summed E-state index contributed by atoms with van der Waals surface area (Å²) in [6.45, 7) is 4.83. The first-order chi connectivity index (χ1) is 18.6. The van der Waals surface area contributed by atoms with E-state index in [0.29, 0.717) is 29.1 Å². The summed E-state index contributed by atoms with van der Waals surface area (Å²) < 4.78 is 2.14. The Morgan fingerprint density at radius 2 is 1.76 bits per heavy atom. The van der Waals surface area contributed by atoms with E-state index in [1.165, 1.54) is 19.3 Å². The number of imidazole rings is 1. The van der Waals surface area contributed by atoms with Gasteiger partial charge < -0.3 is 4.57 Å². The molecule has 0 spiro atoms. The predicted molar refractivity (Wildman–Crippen MR) is 149 cm³/mol. The van der Waals surface area contributed by atoms with Gasteiger partial charge in [0.15, 0.2) is 0 Å². The third-order valence-corrected chi connectivity index (χ3v) is 8.09. The summed E-state index contributed by atoms with van der Waals surface area (Å²) in [5.41, 5.74) is 5.28. The van der Waals surface area contributed by atoms with Gasteiger partial charge in [0.2, 0.25) is 5.82 Å². The van der Waals surface area contributed by atoms with E-state index in [0.717, 1.165) is 51.5 Å². The monoisotopic (exact) mass is 526 g/mol. The largest absolute Gasteiger partial charge is 0.319 e. The minimum atomic E-state index is -0.187. The fraction of sp³-hybridized carbons (Fsp3) is 0.357. The van der Waals surface area contributed by atoms with Gasteiger partial charge in [0, 0.05) is 23.3 Å². The molecule has 5 aromatic rings. The van der Waals surface area contributed by atoms with E-state index in [9.17, 15) is 4.79 Å². The van der Waals surface area contributed by atoms with E-state index in [4.69, 9.17) is 4.98 Å². The van der Waals surface area contributed by atoms with Crippen molar-refractivity contribution in [1.82, 2.24) is 40.4 Å². The van der Waals surface area contributed by atoms with Crippen LogP contribution in [0.25, 0.3) is 33.5 Å². The van der Waals surface area contributed by atoms with E-state index in [1.807, 2.05) is 18.2 Å². The highest BCUT2D eigenvalue weighted by atomic mass is 32.2. The molecule has 10 heteroatoms. The molecular formula is C28H30N8OS. The van der Waals surface area contributed by atoms with Gasteiger partial charge in [0.05, 0.1) is 0 Å². The molecule has 3 heterocycles. The maximum atomic E-state index is 13.1. The Hall–Kier alpha value is -3.79. The van der Waals surface area contributed by atoms with E-state index in [-0.39, 0.29) is 5.56 Å². The van der Waals surface area contributed by atoms with E-state index >= 15 is 0 Å². The van der Waals surface area contributed by atoms with Crippen LogP contribution in [0.1, 0.15) is 63.3 Å². The number of aromatic amines is 2. The number of hydrogen-bond acceptors (Lipinski definition) is 7. The quantitative estimate of drug-likeness (QED) is 0.266. The summed E-state index contributed by atoms with van der Waals surface area (Å²) in [6, 6.07) is 16.5. The molecule has 0 radical (unpaired) electrons. The molecule has 2 N–H and O–H groups in total.